The maximum atomic E-state index is 5.35. The van der Waals surface area contributed by atoms with Gasteiger partial charge >= 0.3 is 0 Å². The molecule has 0 fully saturated rings. The molecule has 0 unspecified atom stereocenters. The summed E-state index contributed by atoms with van der Waals surface area (Å²) in [6.45, 7) is 10.8. The van der Waals surface area contributed by atoms with Crippen molar-refractivity contribution in [3.63, 3.8) is 0 Å². The van der Waals surface area contributed by atoms with Crippen LogP contribution in [0.15, 0.2) is 12.4 Å². The van der Waals surface area contributed by atoms with Gasteiger partial charge in [-0.1, -0.05) is 27.7 Å². The van der Waals surface area contributed by atoms with E-state index in [1.165, 1.54) is 0 Å². The van der Waals surface area contributed by atoms with E-state index in [4.69, 9.17) is 4.74 Å². The minimum absolute atomic E-state index is 0.521. The van der Waals surface area contributed by atoms with Crippen LogP contribution in [0.4, 0.5) is 0 Å². The molecule has 3 heteroatoms. The van der Waals surface area contributed by atoms with E-state index in [-0.39, 0.29) is 0 Å². The van der Waals surface area contributed by atoms with E-state index in [0.29, 0.717) is 18.4 Å². The Kier molecular flexibility index (Phi) is 6.72. The van der Waals surface area contributed by atoms with Crippen molar-refractivity contribution in [1.82, 2.24) is 9.97 Å². The van der Waals surface area contributed by atoms with E-state index in [1.54, 1.807) is 12.4 Å². The fourth-order valence-corrected chi connectivity index (χ4v) is 0.707. The largest absolute Gasteiger partial charge is 0.476 e. The molecular formula is C11H20N2O. The van der Waals surface area contributed by atoms with Gasteiger partial charge in [-0.15, -0.1) is 0 Å². The molecule has 14 heavy (non-hydrogen) atoms. The molecule has 0 aliphatic heterocycles. The van der Waals surface area contributed by atoms with Crippen LogP contribution in [0, 0.1) is 12.8 Å². The van der Waals surface area contributed by atoms with E-state index in [1.807, 2.05) is 20.8 Å². The molecule has 0 bridgehead atoms. The number of hydrogen-bond acceptors (Lipinski definition) is 3. The summed E-state index contributed by atoms with van der Waals surface area (Å²) in [5, 5.41) is 0. The quantitative estimate of drug-likeness (QED) is 0.745. The third kappa shape index (κ3) is 5.51. The Hall–Kier alpha value is -1.12. The third-order valence-electron chi connectivity index (χ3n) is 1.32. The number of hydrogen-bond donors (Lipinski definition) is 0. The van der Waals surface area contributed by atoms with Crippen LogP contribution in [-0.2, 0) is 0 Å². The highest BCUT2D eigenvalue weighted by Gasteiger charge is 1.97. The minimum atomic E-state index is 0.521. The average Bonchev–Trinajstić information content (AvgIpc) is 2.20. The molecule has 0 saturated heterocycles. The molecule has 0 aliphatic carbocycles. The molecule has 0 N–H and O–H groups in total. The first-order chi connectivity index (χ1) is 6.68. The summed E-state index contributed by atoms with van der Waals surface area (Å²) in [6.07, 6.45) is 3.35. The smallest absolute Gasteiger partial charge is 0.232 e. The van der Waals surface area contributed by atoms with Gasteiger partial charge in [-0.05, 0) is 12.8 Å². The predicted molar refractivity (Wildman–Crippen MR) is 58.5 cm³/mol. The van der Waals surface area contributed by atoms with Gasteiger partial charge in [0.25, 0.3) is 0 Å². The Morgan fingerprint density at radius 2 is 1.86 bits per heavy atom. The zero-order chi connectivity index (χ0) is 11.0. The fourth-order valence-electron chi connectivity index (χ4n) is 0.707. The first kappa shape index (κ1) is 12.9. The van der Waals surface area contributed by atoms with Crippen molar-refractivity contribution in [2.75, 3.05) is 6.61 Å². The number of ether oxygens (including phenoxy) is 1. The summed E-state index contributed by atoms with van der Waals surface area (Å²) >= 11 is 0. The molecule has 1 rings (SSSR count). The molecule has 1 aromatic heterocycles. The van der Waals surface area contributed by atoms with Crippen LogP contribution in [0.3, 0.4) is 0 Å². The molecule has 0 amide bonds. The van der Waals surface area contributed by atoms with Gasteiger partial charge in [0.05, 0.1) is 24.7 Å². The number of nitrogens with zero attached hydrogens (tertiary/aromatic N) is 2. The van der Waals surface area contributed by atoms with Gasteiger partial charge in [0, 0.05) is 0 Å². The second-order valence-corrected chi connectivity index (χ2v) is 3.20. The van der Waals surface area contributed by atoms with Crippen molar-refractivity contribution < 1.29 is 4.74 Å². The van der Waals surface area contributed by atoms with Gasteiger partial charge in [-0.3, -0.25) is 4.98 Å². The highest BCUT2D eigenvalue weighted by atomic mass is 16.5. The lowest BCUT2D eigenvalue weighted by molar-refractivity contribution is 0.260. The molecule has 1 aromatic rings. The van der Waals surface area contributed by atoms with Gasteiger partial charge < -0.3 is 4.74 Å². The first-order valence-electron chi connectivity index (χ1n) is 5.10. The molecular weight excluding hydrogens is 176 g/mol. The Morgan fingerprint density at radius 1 is 1.21 bits per heavy atom. The van der Waals surface area contributed by atoms with Gasteiger partial charge in [-0.2, -0.15) is 0 Å². The van der Waals surface area contributed by atoms with E-state index in [2.05, 4.69) is 23.8 Å². The highest BCUT2D eigenvalue weighted by molar-refractivity contribution is 5.05. The molecule has 1 heterocycles. The molecule has 0 aliphatic rings. The van der Waals surface area contributed by atoms with E-state index < -0.39 is 0 Å². The molecule has 0 aromatic carbocycles. The fraction of sp³-hybridized carbons (Fsp3) is 0.636. The second kappa shape index (κ2) is 7.30. The Morgan fingerprint density at radius 3 is 2.29 bits per heavy atom. The lowest BCUT2D eigenvalue weighted by Crippen LogP contribution is -2.05. The van der Waals surface area contributed by atoms with Crippen LogP contribution in [0.25, 0.3) is 0 Å². The molecule has 0 radical (unpaired) electrons. The van der Waals surface area contributed by atoms with E-state index >= 15 is 0 Å². The number of aromatic nitrogens is 2. The van der Waals surface area contributed by atoms with Gasteiger partial charge in [0.2, 0.25) is 5.88 Å². The van der Waals surface area contributed by atoms with Crippen molar-refractivity contribution in [3.8, 4) is 5.88 Å². The molecule has 80 valence electrons. The van der Waals surface area contributed by atoms with E-state index in [9.17, 15) is 0 Å². The van der Waals surface area contributed by atoms with Gasteiger partial charge in [0.1, 0.15) is 0 Å². The van der Waals surface area contributed by atoms with Crippen LogP contribution in [-0.4, -0.2) is 16.6 Å². The summed E-state index contributed by atoms with van der Waals surface area (Å²) in [4.78, 5) is 8.14. The number of aryl methyl sites for hydroxylation is 1. The van der Waals surface area contributed by atoms with Crippen LogP contribution in [0.5, 0.6) is 5.88 Å². The summed E-state index contributed by atoms with van der Waals surface area (Å²) in [5.41, 5.74) is 0.909. The maximum absolute atomic E-state index is 5.35. The first-order valence-corrected chi connectivity index (χ1v) is 5.10. The summed E-state index contributed by atoms with van der Waals surface area (Å²) in [5.74, 6) is 1.13. The SMILES string of the molecule is CC.Cc1cnc(OCC(C)C)cn1. The summed E-state index contributed by atoms with van der Waals surface area (Å²) < 4.78 is 5.35. The summed E-state index contributed by atoms with van der Waals surface area (Å²) in [7, 11) is 0. The second-order valence-electron chi connectivity index (χ2n) is 3.20. The van der Waals surface area contributed by atoms with Gasteiger partial charge in [0.15, 0.2) is 0 Å². The van der Waals surface area contributed by atoms with Crippen LogP contribution < -0.4 is 4.74 Å². The van der Waals surface area contributed by atoms with Crippen molar-refractivity contribution in [1.29, 1.82) is 0 Å². The monoisotopic (exact) mass is 196 g/mol. The zero-order valence-corrected chi connectivity index (χ0v) is 9.74. The van der Waals surface area contributed by atoms with Crippen molar-refractivity contribution in [3.05, 3.63) is 18.1 Å². The standard InChI is InChI=1S/C9H14N2O.C2H6/c1-7(2)6-12-9-5-10-8(3)4-11-9;1-2/h4-5,7H,6H2,1-3H3;1-2H3. The van der Waals surface area contributed by atoms with Crippen molar-refractivity contribution in [2.45, 2.75) is 34.6 Å². The third-order valence-corrected chi connectivity index (χ3v) is 1.32. The Labute approximate surface area is 86.5 Å². The summed E-state index contributed by atoms with van der Waals surface area (Å²) in [6, 6.07) is 0. The molecule has 3 nitrogen and oxygen atoms in total. The predicted octanol–water partition coefficient (Wildman–Crippen LogP) is 2.85. The highest BCUT2D eigenvalue weighted by Crippen LogP contribution is 2.04. The normalized spacial score (nSPS) is 9.29. The average molecular weight is 196 g/mol. The Bertz CT molecular complexity index is 232. The Balaban J connectivity index is 0.000000791. The van der Waals surface area contributed by atoms with Crippen LogP contribution in [0.2, 0.25) is 0 Å². The molecule has 0 atom stereocenters. The maximum Gasteiger partial charge on any atom is 0.232 e. The van der Waals surface area contributed by atoms with Crippen molar-refractivity contribution in [2.24, 2.45) is 5.92 Å². The molecule has 0 spiro atoms. The molecule has 0 saturated carbocycles. The topological polar surface area (TPSA) is 35.0 Å². The lowest BCUT2D eigenvalue weighted by atomic mass is 10.2. The van der Waals surface area contributed by atoms with Crippen LogP contribution >= 0.6 is 0 Å². The van der Waals surface area contributed by atoms with E-state index in [0.717, 1.165) is 5.69 Å². The minimum Gasteiger partial charge on any atom is -0.476 e. The number of rotatable bonds is 3. The van der Waals surface area contributed by atoms with Crippen LogP contribution in [0.1, 0.15) is 33.4 Å². The van der Waals surface area contributed by atoms with Crippen molar-refractivity contribution >= 4 is 0 Å². The van der Waals surface area contributed by atoms with Gasteiger partial charge in [-0.25, -0.2) is 4.98 Å². The zero-order valence-electron chi connectivity index (χ0n) is 9.74. The lowest BCUT2D eigenvalue weighted by Gasteiger charge is -2.06.